The number of benzene rings is 1. The van der Waals surface area contributed by atoms with E-state index < -0.39 is 5.97 Å². The zero-order chi connectivity index (χ0) is 11.8. The highest BCUT2D eigenvalue weighted by Gasteiger charge is 2.29. The summed E-state index contributed by atoms with van der Waals surface area (Å²) < 4.78 is 0. The van der Waals surface area contributed by atoms with Gasteiger partial charge in [0.25, 0.3) is 0 Å². The van der Waals surface area contributed by atoms with E-state index in [0.717, 1.165) is 16.5 Å². The van der Waals surface area contributed by atoms with Gasteiger partial charge in [0.1, 0.15) is 5.03 Å². The number of imidazole rings is 1. The second kappa shape index (κ2) is 3.92. The van der Waals surface area contributed by atoms with E-state index in [0.29, 0.717) is 0 Å². The number of nitrogens with zero attached hydrogens (tertiary/aromatic N) is 1. The number of fused-ring (bicyclic) bond motifs is 1. The van der Waals surface area contributed by atoms with Crippen molar-refractivity contribution in [3.8, 4) is 0 Å². The molecule has 0 saturated heterocycles. The summed E-state index contributed by atoms with van der Waals surface area (Å²) >= 11 is 1.60. The third kappa shape index (κ3) is 1.72. The average Bonchev–Trinajstić information content (AvgIpc) is 2.89. The molecule has 2 N–H and O–H groups in total. The molecule has 3 rings (SSSR count). The first kappa shape index (κ1) is 10.4. The Labute approximate surface area is 102 Å². The first-order chi connectivity index (χ1) is 8.25. The molecule has 0 saturated carbocycles. The van der Waals surface area contributed by atoms with Gasteiger partial charge in [-0.15, -0.1) is 11.8 Å². The van der Waals surface area contributed by atoms with Crippen molar-refractivity contribution in [2.45, 2.75) is 10.9 Å². The molecular weight excluding hydrogens is 236 g/mol. The molecule has 0 fully saturated rings. The van der Waals surface area contributed by atoms with Crippen LogP contribution in [-0.4, -0.2) is 26.8 Å². The zero-order valence-electron chi connectivity index (χ0n) is 8.88. The van der Waals surface area contributed by atoms with Gasteiger partial charge in [0.15, 0.2) is 0 Å². The maximum atomic E-state index is 10.8. The predicted molar refractivity (Wildman–Crippen MR) is 64.6 cm³/mol. The Balaban J connectivity index is 2.01. The maximum absolute atomic E-state index is 10.8. The summed E-state index contributed by atoms with van der Waals surface area (Å²) in [6.07, 6.45) is 0. The molecule has 0 bridgehead atoms. The molecule has 86 valence electrons. The summed E-state index contributed by atoms with van der Waals surface area (Å²) in [5, 5.41) is 9.71. The minimum atomic E-state index is -1.01. The topological polar surface area (TPSA) is 66.0 Å². The molecule has 17 heavy (non-hydrogen) atoms. The minimum absolute atomic E-state index is 0.0307. The molecule has 0 amide bonds. The number of aromatic amines is 1. The van der Waals surface area contributed by atoms with Gasteiger partial charge < -0.3 is 10.1 Å². The molecular formula is C12H10N2O2S. The number of carboxylic acids is 1. The highest BCUT2D eigenvalue weighted by atomic mass is 32.2. The maximum Gasteiger partial charge on any atom is 0.371 e. The fourth-order valence-electron chi connectivity index (χ4n) is 2.01. The van der Waals surface area contributed by atoms with Crippen LogP contribution < -0.4 is 0 Å². The van der Waals surface area contributed by atoms with E-state index in [1.807, 2.05) is 18.2 Å². The van der Waals surface area contributed by atoms with E-state index >= 15 is 0 Å². The van der Waals surface area contributed by atoms with Crippen LogP contribution in [0.2, 0.25) is 0 Å². The Morgan fingerprint density at radius 3 is 2.88 bits per heavy atom. The van der Waals surface area contributed by atoms with Crippen LogP contribution in [0.25, 0.3) is 0 Å². The molecule has 5 heteroatoms. The van der Waals surface area contributed by atoms with Crippen molar-refractivity contribution in [2.75, 3.05) is 5.75 Å². The number of hydrogen-bond donors (Lipinski definition) is 2. The molecule has 0 spiro atoms. The standard InChI is InChI=1S/C12H10N2O2S/c15-12(16)10-13-9-8(6-17-11(9)14-10)7-4-2-1-3-5-7/h1-5,8H,6H2,(H,13,14)(H,15,16). The van der Waals surface area contributed by atoms with Gasteiger partial charge in [-0.05, 0) is 5.56 Å². The predicted octanol–water partition coefficient (Wildman–Crippen LogP) is 2.35. The van der Waals surface area contributed by atoms with Gasteiger partial charge in [-0.25, -0.2) is 9.78 Å². The normalized spacial score (nSPS) is 18.0. The largest absolute Gasteiger partial charge is 0.475 e. The minimum Gasteiger partial charge on any atom is -0.475 e. The van der Waals surface area contributed by atoms with Gasteiger partial charge in [0, 0.05) is 11.7 Å². The monoisotopic (exact) mass is 246 g/mol. The van der Waals surface area contributed by atoms with Crippen LogP contribution in [0.3, 0.4) is 0 Å². The van der Waals surface area contributed by atoms with Crippen LogP contribution >= 0.6 is 11.8 Å². The molecule has 1 aliphatic heterocycles. The fraction of sp³-hybridized carbons (Fsp3) is 0.167. The van der Waals surface area contributed by atoms with Crippen LogP contribution in [0.15, 0.2) is 35.4 Å². The molecule has 1 unspecified atom stereocenters. The average molecular weight is 246 g/mol. The van der Waals surface area contributed by atoms with Gasteiger partial charge in [-0.3, -0.25) is 0 Å². The Morgan fingerprint density at radius 1 is 1.41 bits per heavy atom. The Kier molecular flexibility index (Phi) is 2.40. The Hall–Kier alpha value is -1.75. The first-order valence-corrected chi connectivity index (χ1v) is 6.25. The number of carboxylic acid groups (broad SMARTS) is 1. The van der Waals surface area contributed by atoms with Crippen molar-refractivity contribution in [1.82, 2.24) is 9.97 Å². The van der Waals surface area contributed by atoms with Gasteiger partial charge in [0.2, 0.25) is 5.82 Å². The second-order valence-corrected chi connectivity index (χ2v) is 4.89. The first-order valence-electron chi connectivity index (χ1n) is 5.26. The molecule has 1 atom stereocenters. The summed E-state index contributed by atoms with van der Waals surface area (Å²) in [6, 6.07) is 10.1. The highest BCUT2D eigenvalue weighted by molar-refractivity contribution is 7.99. The summed E-state index contributed by atoms with van der Waals surface area (Å²) in [5.74, 6) is 0.157. The van der Waals surface area contributed by atoms with E-state index in [4.69, 9.17) is 5.11 Å². The summed E-state index contributed by atoms with van der Waals surface area (Å²) in [5.41, 5.74) is 2.12. The van der Waals surface area contributed by atoms with Crippen LogP contribution in [0.1, 0.15) is 27.8 Å². The lowest BCUT2D eigenvalue weighted by atomic mass is 9.99. The van der Waals surface area contributed by atoms with E-state index in [1.165, 1.54) is 5.56 Å². The van der Waals surface area contributed by atoms with Crippen LogP contribution in [0.4, 0.5) is 0 Å². The number of H-pyrrole nitrogens is 1. The smallest absolute Gasteiger partial charge is 0.371 e. The number of aromatic carboxylic acids is 1. The van der Waals surface area contributed by atoms with Crippen molar-refractivity contribution in [1.29, 1.82) is 0 Å². The molecule has 1 aliphatic rings. The van der Waals surface area contributed by atoms with Crippen LogP contribution in [-0.2, 0) is 0 Å². The van der Waals surface area contributed by atoms with Crippen molar-refractivity contribution in [3.05, 3.63) is 47.4 Å². The number of nitrogens with one attached hydrogen (secondary N) is 1. The number of rotatable bonds is 2. The van der Waals surface area contributed by atoms with Crippen molar-refractivity contribution in [3.63, 3.8) is 0 Å². The van der Waals surface area contributed by atoms with E-state index in [1.54, 1.807) is 11.8 Å². The molecule has 1 aromatic heterocycles. The van der Waals surface area contributed by atoms with E-state index in [-0.39, 0.29) is 11.7 Å². The summed E-state index contributed by atoms with van der Waals surface area (Å²) in [6.45, 7) is 0. The summed E-state index contributed by atoms with van der Waals surface area (Å²) in [4.78, 5) is 17.8. The van der Waals surface area contributed by atoms with E-state index in [2.05, 4.69) is 22.1 Å². The lowest BCUT2D eigenvalue weighted by molar-refractivity contribution is 0.0684. The summed E-state index contributed by atoms with van der Waals surface area (Å²) in [7, 11) is 0. The van der Waals surface area contributed by atoms with Crippen LogP contribution in [0.5, 0.6) is 0 Å². The molecule has 2 heterocycles. The Bertz CT molecular complexity index is 565. The van der Waals surface area contributed by atoms with Gasteiger partial charge in [0.05, 0.1) is 5.69 Å². The molecule has 4 nitrogen and oxygen atoms in total. The van der Waals surface area contributed by atoms with Gasteiger partial charge in [-0.1, -0.05) is 30.3 Å². The Morgan fingerprint density at radius 2 is 2.18 bits per heavy atom. The number of hydrogen-bond acceptors (Lipinski definition) is 3. The number of aromatic nitrogens is 2. The van der Waals surface area contributed by atoms with Crippen molar-refractivity contribution >= 4 is 17.7 Å². The van der Waals surface area contributed by atoms with Gasteiger partial charge in [-0.2, -0.15) is 0 Å². The second-order valence-electron chi connectivity index (χ2n) is 3.88. The third-order valence-electron chi connectivity index (χ3n) is 2.84. The molecule has 2 aromatic rings. The SMILES string of the molecule is O=C(O)c1nc2c([nH]1)C(c1ccccc1)CS2. The van der Waals surface area contributed by atoms with Crippen molar-refractivity contribution < 1.29 is 9.90 Å². The third-order valence-corrected chi connectivity index (χ3v) is 3.92. The molecule has 0 radical (unpaired) electrons. The van der Waals surface area contributed by atoms with E-state index in [9.17, 15) is 4.79 Å². The fourth-order valence-corrected chi connectivity index (χ4v) is 3.20. The highest BCUT2D eigenvalue weighted by Crippen LogP contribution is 2.41. The number of thioether (sulfide) groups is 1. The molecule has 0 aliphatic carbocycles. The van der Waals surface area contributed by atoms with Crippen molar-refractivity contribution in [2.24, 2.45) is 0 Å². The van der Waals surface area contributed by atoms with Crippen LogP contribution in [0, 0.1) is 0 Å². The zero-order valence-corrected chi connectivity index (χ0v) is 9.70. The van der Waals surface area contributed by atoms with Gasteiger partial charge >= 0.3 is 5.97 Å². The lowest BCUT2D eigenvalue weighted by Crippen LogP contribution is -2.03. The lowest BCUT2D eigenvalue weighted by Gasteiger charge is -2.08. The quantitative estimate of drug-likeness (QED) is 0.853. The molecule has 1 aromatic carbocycles. The number of carbonyl (C=O) groups is 1.